The highest BCUT2D eigenvalue weighted by molar-refractivity contribution is 4.84. The van der Waals surface area contributed by atoms with Crippen LogP contribution in [0, 0.1) is 11.3 Å². The van der Waals surface area contributed by atoms with Gasteiger partial charge in [0.1, 0.15) is 0 Å². The van der Waals surface area contributed by atoms with Crippen molar-refractivity contribution in [2.45, 2.75) is 46.5 Å². The van der Waals surface area contributed by atoms with Gasteiger partial charge in [0.25, 0.3) is 0 Å². The minimum Gasteiger partial charge on any atom is -0.396 e. The van der Waals surface area contributed by atoms with E-state index in [1.165, 1.54) is 38.9 Å². The molecule has 0 saturated carbocycles. The summed E-state index contributed by atoms with van der Waals surface area (Å²) in [7, 11) is 0. The fourth-order valence-electron chi connectivity index (χ4n) is 2.87. The molecule has 1 rings (SSSR count). The lowest BCUT2D eigenvalue weighted by atomic mass is 9.86. The number of aliphatic hydroxyl groups is 1. The van der Waals surface area contributed by atoms with E-state index in [-0.39, 0.29) is 0 Å². The van der Waals surface area contributed by atoms with Crippen LogP contribution in [0.25, 0.3) is 0 Å². The van der Waals surface area contributed by atoms with E-state index in [4.69, 9.17) is 5.11 Å². The largest absolute Gasteiger partial charge is 0.396 e. The Bertz CT molecular complexity index is 223. The highest BCUT2D eigenvalue weighted by Gasteiger charge is 2.29. The Morgan fingerprint density at radius 3 is 2.78 bits per heavy atom. The second kappa shape index (κ2) is 8.13. The Morgan fingerprint density at radius 1 is 1.39 bits per heavy atom. The Labute approximate surface area is 113 Å². The van der Waals surface area contributed by atoms with E-state index in [2.05, 4.69) is 31.0 Å². The van der Waals surface area contributed by atoms with E-state index >= 15 is 0 Å². The normalized spacial score (nSPS) is 24.3. The minimum absolute atomic E-state index is 0.349. The van der Waals surface area contributed by atoms with E-state index in [1.807, 2.05) is 0 Å². The van der Waals surface area contributed by atoms with Crippen LogP contribution < -0.4 is 5.32 Å². The summed E-state index contributed by atoms with van der Waals surface area (Å²) in [6.45, 7) is 13.1. The maximum absolute atomic E-state index is 9.01. The van der Waals surface area contributed by atoms with Crippen molar-refractivity contribution in [2.24, 2.45) is 11.3 Å². The summed E-state index contributed by atoms with van der Waals surface area (Å²) in [4.78, 5) is 2.59. The van der Waals surface area contributed by atoms with Gasteiger partial charge in [0.15, 0.2) is 0 Å². The predicted octanol–water partition coefficient (Wildman–Crippen LogP) is 2.11. The van der Waals surface area contributed by atoms with Crippen molar-refractivity contribution in [1.82, 2.24) is 10.2 Å². The fraction of sp³-hybridized carbons (Fsp3) is 1.00. The van der Waals surface area contributed by atoms with E-state index in [0.717, 1.165) is 25.4 Å². The van der Waals surface area contributed by atoms with Crippen LogP contribution in [0.5, 0.6) is 0 Å². The van der Waals surface area contributed by atoms with E-state index in [0.29, 0.717) is 12.0 Å². The molecule has 1 fully saturated rings. The third-order valence-corrected chi connectivity index (χ3v) is 4.34. The van der Waals surface area contributed by atoms with Crippen LogP contribution >= 0.6 is 0 Å². The lowest BCUT2D eigenvalue weighted by Gasteiger charge is -2.33. The first-order chi connectivity index (χ1) is 8.63. The maximum Gasteiger partial charge on any atom is 0.0434 e. The Kier molecular flexibility index (Phi) is 7.20. The number of likely N-dealkylation sites (tertiary alicyclic amines) is 1. The fourth-order valence-corrected chi connectivity index (χ4v) is 2.87. The Balaban J connectivity index is 2.33. The highest BCUT2D eigenvalue weighted by Crippen LogP contribution is 2.26. The first-order valence-electron chi connectivity index (χ1n) is 7.67. The van der Waals surface area contributed by atoms with Crippen molar-refractivity contribution in [1.29, 1.82) is 0 Å². The number of hydrogen-bond acceptors (Lipinski definition) is 3. The second-order valence-corrected chi connectivity index (χ2v) is 6.24. The van der Waals surface area contributed by atoms with Gasteiger partial charge in [-0.25, -0.2) is 0 Å². The van der Waals surface area contributed by atoms with Gasteiger partial charge in [-0.2, -0.15) is 0 Å². The average molecular weight is 256 g/mol. The molecule has 0 aromatic heterocycles. The molecule has 1 heterocycles. The number of nitrogens with zero attached hydrogens (tertiary/aromatic N) is 1. The minimum atomic E-state index is 0.349. The molecule has 0 radical (unpaired) electrons. The van der Waals surface area contributed by atoms with Crippen LogP contribution in [0.2, 0.25) is 0 Å². The number of rotatable bonds is 9. The topological polar surface area (TPSA) is 35.5 Å². The molecular formula is C15H32N2O. The SMILES string of the molecule is CCCNCC(C)(CC)CN1CCC(CCO)C1. The zero-order valence-corrected chi connectivity index (χ0v) is 12.5. The lowest BCUT2D eigenvalue weighted by Crippen LogP contribution is -2.41. The third-order valence-electron chi connectivity index (χ3n) is 4.34. The van der Waals surface area contributed by atoms with Crippen LogP contribution in [0.4, 0.5) is 0 Å². The third kappa shape index (κ3) is 5.25. The molecule has 1 saturated heterocycles. The van der Waals surface area contributed by atoms with Crippen LogP contribution in [0.15, 0.2) is 0 Å². The van der Waals surface area contributed by atoms with Crippen LogP contribution in [0.3, 0.4) is 0 Å². The number of aliphatic hydroxyl groups excluding tert-OH is 1. The van der Waals surface area contributed by atoms with Gasteiger partial charge in [-0.15, -0.1) is 0 Å². The van der Waals surface area contributed by atoms with Gasteiger partial charge in [0, 0.05) is 26.2 Å². The molecule has 0 spiro atoms. The first kappa shape index (κ1) is 15.9. The molecule has 18 heavy (non-hydrogen) atoms. The monoisotopic (exact) mass is 256 g/mol. The molecule has 3 heteroatoms. The Hall–Kier alpha value is -0.120. The molecule has 2 N–H and O–H groups in total. The molecule has 1 aliphatic heterocycles. The van der Waals surface area contributed by atoms with Crippen molar-refractivity contribution in [3.05, 3.63) is 0 Å². The molecular weight excluding hydrogens is 224 g/mol. The van der Waals surface area contributed by atoms with Crippen LogP contribution in [-0.4, -0.2) is 49.3 Å². The summed E-state index contributed by atoms with van der Waals surface area (Å²) in [6, 6.07) is 0. The summed E-state index contributed by atoms with van der Waals surface area (Å²) < 4.78 is 0. The molecule has 108 valence electrons. The second-order valence-electron chi connectivity index (χ2n) is 6.24. The van der Waals surface area contributed by atoms with Gasteiger partial charge in [0.05, 0.1) is 0 Å². The molecule has 1 aliphatic rings. The molecule has 2 unspecified atom stereocenters. The van der Waals surface area contributed by atoms with Gasteiger partial charge in [-0.3, -0.25) is 0 Å². The van der Waals surface area contributed by atoms with Gasteiger partial charge in [-0.05, 0) is 50.1 Å². The molecule has 0 aromatic rings. The zero-order chi connectivity index (χ0) is 13.4. The summed E-state index contributed by atoms with van der Waals surface area (Å²) in [5.74, 6) is 0.722. The van der Waals surface area contributed by atoms with Crippen molar-refractivity contribution in [3.63, 3.8) is 0 Å². The molecule has 0 aliphatic carbocycles. The van der Waals surface area contributed by atoms with Crippen molar-refractivity contribution in [2.75, 3.05) is 39.3 Å². The quantitative estimate of drug-likeness (QED) is 0.620. The summed E-state index contributed by atoms with van der Waals surface area (Å²) in [6.07, 6.45) is 4.68. The van der Waals surface area contributed by atoms with Crippen molar-refractivity contribution >= 4 is 0 Å². The van der Waals surface area contributed by atoms with Crippen molar-refractivity contribution < 1.29 is 5.11 Å². The summed E-state index contributed by atoms with van der Waals surface area (Å²) >= 11 is 0. The van der Waals surface area contributed by atoms with Crippen molar-refractivity contribution in [3.8, 4) is 0 Å². The van der Waals surface area contributed by atoms with Gasteiger partial charge in [-0.1, -0.05) is 20.8 Å². The predicted molar refractivity (Wildman–Crippen MR) is 77.8 cm³/mol. The molecule has 0 amide bonds. The molecule has 2 atom stereocenters. The lowest BCUT2D eigenvalue weighted by molar-refractivity contribution is 0.172. The van der Waals surface area contributed by atoms with Gasteiger partial charge >= 0.3 is 0 Å². The summed E-state index contributed by atoms with van der Waals surface area (Å²) in [5, 5.41) is 12.6. The van der Waals surface area contributed by atoms with Crippen LogP contribution in [0.1, 0.15) is 46.5 Å². The average Bonchev–Trinajstić information content (AvgIpc) is 2.77. The van der Waals surface area contributed by atoms with Crippen LogP contribution in [-0.2, 0) is 0 Å². The standard InChI is InChI=1S/C15H32N2O/c1-4-8-16-12-15(3,5-2)13-17-9-6-14(11-17)7-10-18/h14,16,18H,4-13H2,1-3H3. The summed E-state index contributed by atoms with van der Waals surface area (Å²) in [5.41, 5.74) is 0.392. The zero-order valence-electron chi connectivity index (χ0n) is 12.5. The van der Waals surface area contributed by atoms with Gasteiger partial charge < -0.3 is 15.3 Å². The number of hydrogen-bond donors (Lipinski definition) is 2. The van der Waals surface area contributed by atoms with E-state index in [1.54, 1.807) is 0 Å². The smallest absolute Gasteiger partial charge is 0.0434 e. The van der Waals surface area contributed by atoms with E-state index in [9.17, 15) is 0 Å². The molecule has 0 bridgehead atoms. The van der Waals surface area contributed by atoms with Gasteiger partial charge in [0.2, 0.25) is 0 Å². The molecule has 3 nitrogen and oxygen atoms in total. The highest BCUT2D eigenvalue weighted by atomic mass is 16.3. The Morgan fingerprint density at radius 2 is 2.17 bits per heavy atom. The number of nitrogens with one attached hydrogen (secondary N) is 1. The maximum atomic E-state index is 9.01. The first-order valence-corrected chi connectivity index (χ1v) is 7.67. The molecule has 0 aromatic carbocycles. The van der Waals surface area contributed by atoms with E-state index < -0.39 is 0 Å².